The average molecular weight is 382 g/mol. The fourth-order valence-corrected chi connectivity index (χ4v) is 3.58. The molecule has 4 rings (SSSR count). The lowest BCUT2D eigenvalue weighted by molar-refractivity contribution is -0.117. The first-order chi connectivity index (χ1) is 13.2. The molecule has 138 valence electrons. The van der Waals surface area contributed by atoms with Gasteiger partial charge in [0.15, 0.2) is 0 Å². The summed E-state index contributed by atoms with van der Waals surface area (Å²) in [5.74, 6) is 0.927. The SMILES string of the molecule is O=C(CCc1nnc(-c2ccsc2)o1)Nc1ccc(N2CCCC2=O)cc1. The number of aromatic nitrogens is 2. The van der Waals surface area contributed by atoms with E-state index in [0.29, 0.717) is 30.3 Å². The van der Waals surface area contributed by atoms with Gasteiger partial charge >= 0.3 is 0 Å². The van der Waals surface area contributed by atoms with E-state index in [1.54, 1.807) is 28.4 Å². The molecule has 0 unspecified atom stereocenters. The van der Waals surface area contributed by atoms with Crippen LogP contribution in [0.4, 0.5) is 11.4 Å². The predicted octanol–water partition coefficient (Wildman–Crippen LogP) is 3.50. The number of carbonyl (C=O) groups excluding carboxylic acids is 2. The van der Waals surface area contributed by atoms with Crippen LogP contribution in [-0.4, -0.2) is 28.6 Å². The van der Waals surface area contributed by atoms with Crippen molar-refractivity contribution in [3.8, 4) is 11.5 Å². The summed E-state index contributed by atoms with van der Waals surface area (Å²) in [6.45, 7) is 0.752. The maximum absolute atomic E-state index is 12.2. The van der Waals surface area contributed by atoms with Gasteiger partial charge in [0.05, 0.1) is 0 Å². The molecular weight excluding hydrogens is 364 g/mol. The smallest absolute Gasteiger partial charge is 0.248 e. The van der Waals surface area contributed by atoms with Crippen molar-refractivity contribution in [3.05, 3.63) is 47.0 Å². The highest BCUT2D eigenvalue weighted by Gasteiger charge is 2.21. The first-order valence-electron chi connectivity index (χ1n) is 8.74. The van der Waals surface area contributed by atoms with E-state index < -0.39 is 0 Å². The van der Waals surface area contributed by atoms with Crippen LogP contribution in [0, 0.1) is 0 Å². The maximum Gasteiger partial charge on any atom is 0.248 e. The Balaban J connectivity index is 1.30. The molecule has 0 aliphatic carbocycles. The Morgan fingerprint density at radius 3 is 2.78 bits per heavy atom. The molecule has 1 aromatic carbocycles. The van der Waals surface area contributed by atoms with Crippen LogP contribution >= 0.6 is 11.3 Å². The normalized spacial score (nSPS) is 13.9. The molecule has 0 atom stereocenters. The van der Waals surface area contributed by atoms with E-state index in [1.165, 1.54) is 0 Å². The largest absolute Gasteiger partial charge is 0.421 e. The molecule has 0 radical (unpaired) electrons. The molecule has 2 amide bonds. The number of hydrogen-bond acceptors (Lipinski definition) is 6. The van der Waals surface area contributed by atoms with Crippen molar-refractivity contribution < 1.29 is 14.0 Å². The van der Waals surface area contributed by atoms with Crippen LogP contribution in [0.3, 0.4) is 0 Å². The third-order valence-electron chi connectivity index (χ3n) is 4.34. The molecule has 1 saturated heterocycles. The number of hydrogen-bond donors (Lipinski definition) is 1. The number of thiophene rings is 1. The molecule has 8 heteroatoms. The van der Waals surface area contributed by atoms with Crippen LogP contribution < -0.4 is 10.2 Å². The lowest BCUT2D eigenvalue weighted by atomic mass is 10.2. The Bertz CT molecular complexity index is 934. The number of carbonyl (C=O) groups is 2. The zero-order valence-corrected chi connectivity index (χ0v) is 15.4. The van der Waals surface area contributed by atoms with Gasteiger partial charge in [-0.1, -0.05) is 0 Å². The van der Waals surface area contributed by atoms with Crippen LogP contribution in [0.15, 0.2) is 45.5 Å². The number of aryl methyl sites for hydroxylation is 1. The number of benzene rings is 1. The van der Waals surface area contributed by atoms with E-state index >= 15 is 0 Å². The molecule has 0 spiro atoms. The van der Waals surface area contributed by atoms with E-state index in [2.05, 4.69) is 15.5 Å². The second-order valence-electron chi connectivity index (χ2n) is 6.26. The summed E-state index contributed by atoms with van der Waals surface area (Å²) in [7, 11) is 0. The van der Waals surface area contributed by atoms with Crippen LogP contribution in [0.2, 0.25) is 0 Å². The Kier molecular flexibility index (Phi) is 4.97. The van der Waals surface area contributed by atoms with E-state index in [-0.39, 0.29) is 18.2 Å². The molecule has 3 aromatic rings. The quantitative estimate of drug-likeness (QED) is 0.705. The van der Waals surface area contributed by atoms with Gasteiger partial charge in [0, 0.05) is 48.1 Å². The van der Waals surface area contributed by atoms with Crippen molar-refractivity contribution in [1.82, 2.24) is 10.2 Å². The summed E-state index contributed by atoms with van der Waals surface area (Å²) in [6.07, 6.45) is 2.12. The minimum absolute atomic E-state index is 0.129. The standard InChI is InChI=1S/C19H18N4O3S/c24-16(7-8-17-21-22-19(26-17)13-9-11-27-12-13)20-14-3-5-15(6-4-14)23-10-1-2-18(23)25/h3-6,9,11-12H,1-2,7-8,10H2,(H,20,24). The van der Waals surface area contributed by atoms with Crippen LogP contribution in [0.25, 0.3) is 11.5 Å². The molecule has 2 aromatic heterocycles. The number of anilines is 2. The van der Waals surface area contributed by atoms with Gasteiger partial charge in [-0.15, -0.1) is 10.2 Å². The van der Waals surface area contributed by atoms with Gasteiger partial charge in [-0.05, 0) is 42.1 Å². The molecule has 0 saturated carbocycles. The van der Waals surface area contributed by atoms with E-state index in [4.69, 9.17) is 4.42 Å². The lowest BCUT2D eigenvalue weighted by Crippen LogP contribution is -2.23. The van der Waals surface area contributed by atoms with Crippen molar-refractivity contribution in [2.75, 3.05) is 16.8 Å². The molecule has 1 aliphatic rings. The van der Waals surface area contributed by atoms with Crippen molar-refractivity contribution in [2.24, 2.45) is 0 Å². The Morgan fingerprint density at radius 2 is 2.07 bits per heavy atom. The molecule has 1 aliphatic heterocycles. The minimum Gasteiger partial charge on any atom is -0.421 e. The number of amides is 2. The van der Waals surface area contributed by atoms with Crippen LogP contribution in [0.1, 0.15) is 25.2 Å². The Labute approximate surface area is 160 Å². The van der Waals surface area contributed by atoms with E-state index in [1.807, 2.05) is 29.0 Å². The maximum atomic E-state index is 12.2. The third kappa shape index (κ3) is 4.06. The van der Waals surface area contributed by atoms with Crippen LogP contribution in [0.5, 0.6) is 0 Å². The van der Waals surface area contributed by atoms with Gasteiger partial charge in [-0.2, -0.15) is 11.3 Å². The minimum atomic E-state index is -0.129. The number of rotatable bonds is 6. The number of nitrogens with zero attached hydrogens (tertiary/aromatic N) is 3. The molecular formula is C19H18N4O3S. The van der Waals surface area contributed by atoms with Gasteiger partial charge in [-0.3, -0.25) is 9.59 Å². The van der Waals surface area contributed by atoms with Crippen molar-refractivity contribution in [2.45, 2.75) is 25.7 Å². The first kappa shape index (κ1) is 17.4. The van der Waals surface area contributed by atoms with Gasteiger partial charge in [0.1, 0.15) is 0 Å². The molecule has 7 nitrogen and oxygen atoms in total. The van der Waals surface area contributed by atoms with Crippen molar-refractivity contribution >= 4 is 34.5 Å². The Hall–Kier alpha value is -3.00. The molecule has 1 fully saturated rings. The van der Waals surface area contributed by atoms with Gasteiger partial charge in [0.2, 0.25) is 23.6 Å². The first-order valence-corrected chi connectivity index (χ1v) is 9.68. The topological polar surface area (TPSA) is 88.3 Å². The third-order valence-corrected chi connectivity index (χ3v) is 5.02. The lowest BCUT2D eigenvalue weighted by Gasteiger charge is -2.16. The second-order valence-corrected chi connectivity index (χ2v) is 7.04. The van der Waals surface area contributed by atoms with E-state index in [0.717, 1.165) is 24.2 Å². The van der Waals surface area contributed by atoms with E-state index in [9.17, 15) is 9.59 Å². The van der Waals surface area contributed by atoms with Gasteiger partial charge in [-0.25, -0.2) is 0 Å². The fraction of sp³-hybridized carbons (Fsp3) is 0.263. The van der Waals surface area contributed by atoms with Crippen LogP contribution in [-0.2, 0) is 16.0 Å². The average Bonchev–Trinajstić information content (AvgIpc) is 3.42. The fourth-order valence-electron chi connectivity index (χ4n) is 2.95. The zero-order chi connectivity index (χ0) is 18.6. The summed E-state index contributed by atoms with van der Waals surface area (Å²) >= 11 is 1.56. The summed E-state index contributed by atoms with van der Waals surface area (Å²) < 4.78 is 5.58. The molecule has 3 heterocycles. The zero-order valence-electron chi connectivity index (χ0n) is 14.6. The highest BCUT2D eigenvalue weighted by molar-refractivity contribution is 7.08. The predicted molar refractivity (Wildman–Crippen MR) is 103 cm³/mol. The molecule has 27 heavy (non-hydrogen) atoms. The van der Waals surface area contributed by atoms with Gasteiger partial charge < -0.3 is 14.6 Å². The molecule has 0 bridgehead atoms. The van der Waals surface area contributed by atoms with Gasteiger partial charge in [0.25, 0.3) is 0 Å². The van der Waals surface area contributed by atoms with Crippen molar-refractivity contribution in [1.29, 1.82) is 0 Å². The summed E-state index contributed by atoms with van der Waals surface area (Å²) in [4.78, 5) is 25.7. The summed E-state index contributed by atoms with van der Waals surface area (Å²) in [5, 5.41) is 14.7. The number of nitrogens with one attached hydrogen (secondary N) is 1. The molecule has 1 N–H and O–H groups in total. The summed E-state index contributed by atoms with van der Waals surface area (Å²) in [6, 6.07) is 9.22. The highest BCUT2D eigenvalue weighted by atomic mass is 32.1. The second kappa shape index (κ2) is 7.71. The summed E-state index contributed by atoms with van der Waals surface area (Å²) in [5.41, 5.74) is 2.45. The van der Waals surface area contributed by atoms with Crippen molar-refractivity contribution in [3.63, 3.8) is 0 Å². The monoisotopic (exact) mass is 382 g/mol. The highest BCUT2D eigenvalue weighted by Crippen LogP contribution is 2.23. The Morgan fingerprint density at radius 1 is 1.22 bits per heavy atom.